The van der Waals surface area contributed by atoms with Crippen molar-refractivity contribution in [3.8, 4) is 0 Å². The van der Waals surface area contributed by atoms with E-state index in [0.29, 0.717) is 5.69 Å². The van der Waals surface area contributed by atoms with E-state index < -0.39 is 15.6 Å². The van der Waals surface area contributed by atoms with Gasteiger partial charge in [-0.2, -0.15) is 0 Å². The lowest BCUT2D eigenvalue weighted by molar-refractivity contribution is -0.121. The minimum Gasteiger partial charge on any atom is -0.378 e. The van der Waals surface area contributed by atoms with Crippen molar-refractivity contribution >= 4 is 21.6 Å². The molecule has 0 bridgehead atoms. The Morgan fingerprint density at radius 1 is 1.40 bits per heavy atom. The fourth-order valence-electron chi connectivity index (χ4n) is 1.57. The first-order valence-corrected chi connectivity index (χ1v) is 7.58. The van der Waals surface area contributed by atoms with Crippen LogP contribution in [0.4, 0.5) is 5.69 Å². The number of nitrogens with one attached hydrogen (secondary N) is 1. The summed E-state index contributed by atoms with van der Waals surface area (Å²) in [6.07, 6.45) is 0.155. The summed E-state index contributed by atoms with van der Waals surface area (Å²) in [5.41, 5.74) is 0.588. The topological polar surface area (TPSA) is 98.5 Å². The average molecular weight is 300 g/mol. The summed E-state index contributed by atoms with van der Waals surface area (Å²) in [5.74, 6) is -0.258. The molecule has 1 amide bonds. The van der Waals surface area contributed by atoms with E-state index in [4.69, 9.17) is 9.88 Å². The van der Waals surface area contributed by atoms with Crippen molar-refractivity contribution in [2.45, 2.75) is 37.7 Å². The van der Waals surface area contributed by atoms with Gasteiger partial charge in [0.15, 0.2) is 0 Å². The van der Waals surface area contributed by atoms with Crippen molar-refractivity contribution < 1.29 is 17.9 Å². The van der Waals surface area contributed by atoms with Gasteiger partial charge in [-0.05, 0) is 38.5 Å². The van der Waals surface area contributed by atoms with Crippen molar-refractivity contribution in [2.24, 2.45) is 5.14 Å². The van der Waals surface area contributed by atoms with E-state index in [-0.39, 0.29) is 17.2 Å². The highest BCUT2D eigenvalue weighted by Crippen LogP contribution is 2.21. The Labute approximate surface area is 119 Å². The van der Waals surface area contributed by atoms with Gasteiger partial charge in [-0.25, -0.2) is 13.6 Å². The third-order valence-corrected chi connectivity index (χ3v) is 3.86. The number of amides is 1. The van der Waals surface area contributed by atoms with Gasteiger partial charge in [0.25, 0.3) is 0 Å². The van der Waals surface area contributed by atoms with Crippen LogP contribution >= 0.6 is 0 Å². The summed E-state index contributed by atoms with van der Waals surface area (Å²) in [5, 5.41) is 7.74. The zero-order valence-electron chi connectivity index (χ0n) is 12.1. The molecular formula is C13H20N2O4S. The van der Waals surface area contributed by atoms with Crippen LogP contribution in [0.3, 0.4) is 0 Å². The van der Waals surface area contributed by atoms with Crippen LogP contribution in [0.1, 0.15) is 25.8 Å². The van der Waals surface area contributed by atoms with Gasteiger partial charge in [-0.1, -0.05) is 6.07 Å². The lowest BCUT2D eigenvalue weighted by Gasteiger charge is -2.22. The number of methoxy groups -OCH3 is 1. The second-order valence-electron chi connectivity index (χ2n) is 5.21. The molecule has 6 nitrogen and oxygen atoms in total. The van der Waals surface area contributed by atoms with E-state index in [1.807, 2.05) is 0 Å². The molecule has 0 fully saturated rings. The van der Waals surface area contributed by atoms with E-state index in [0.717, 1.165) is 5.56 Å². The molecule has 0 saturated heterocycles. The third-order valence-electron chi connectivity index (χ3n) is 2.95. The number of benzene rings is 1. The van der Waals surface area contributed by atoms with Crippen LogP contribution in [-0.2, 0) is 19.6 Å². The van der Waals surface area contributed by atoms with Gasteiger partial charge >= 0.3 is 0 Å². The average Bonchev–Trinajstić information content (AvgIpc) is 2.30. The fraction of sp³-hybridized carbons (Fsp3) is 0.462. The van der Waals surface area contributed by atoms with Gasteiger partial charge in [0.2, 0.25) is 15.9 Å². The second kappa shape index (κ2) is 5.90. The van der Waals surface area contributed by atoms with Gasteiger partial charge in [0.05, 0.1) is 16.9 Å². The number of aryl methyl sites for hydroxylation is 1. The van der Waals surface area contributed by atoms with Crippen LogP contribution in [-0.4, -0.2) is 27.0 Å². The van der Waals surface area contributed by atoms with Crippen LogP contribution in [0.25, 0.3) is 0 Å². The molecule has 3 N–H and O–H groups in total. The predicted octanol–water partition coefficient (Wildman–Crippen LogP) is 1.40. The summed E-state index contributed by atoms with van der Waals surface area (Å²) in [7, 11) is -2.27. The zero-order valence-corrected chi connectivity index (χ0v) is 12.9. The molecule has 0 heterocycles. The third kappa shape index (κ3) is 4.59. The molecule has 1 aromatic carbocycles. The molecule has 1 aromatic rings. The van der Waals surface area contributed by atoms with Crippen molar-refractivity contribution in [1.82, 2.24) is 0 Å². The number of sulfonamides is 1. The number of ether oxygens (including phenoxy) is 1. The number of carbonyl (C=O) groups excluding carboxylic acids is 1. The highest BCUT2D eigenvalue weighted by molar-refractivity contribution is 7.89. The first-order chi connectivity index (χ1) is 9.05. The molecular weight excluding hydrogens is 280 g/mol. The molecule has 0 atom stereocenters. The number of anilines is 1. The van der Waals surface area contributed by atoms with Crippen molar-refractivity contribution in [3.05, 3.63) is 23.8 Å². The molecule has 0 radical (unpaired) electrons. The number of carbonyl (C=O) groups is 1. The smallest absolute Gasteiger partial charge is 0.238 e. The highest BCUT2D eigenvalue weighted by Gasteiger charge is 2.21. The summed E-state index contributed by atoms with van der Waals surface area (Å²) in [6.45, 7) is 5.35. The molecule has 0 spiro atoms. The highest BCUT2D eigenvalue weighted by atomic mass is 32.2. The Kier molecular flexibility index (Phi) is 4.90. The normalized spacial score (nSPS) is 12.2. The van der Waals surface area contributed by atoms with E-state index in [9.17, 15) is 13.2 Å². The largest absolute Gasteiger partial charge is 0.378 e. The second-order valence-corrected chi connectivity index (χ2v) is 6.77. The number of primary sulfonamides is 1. The quantitative estimate of drug-likeness (QED) is 0.858. The fourth-order valence-corrected chi connectivity index (χ4v) is 2.11. The van der Waals surface area contributed by atoms with Gasteiger partial charge < -0.3 is 10.1 Å². The van der Waals surface area contributed by atoms with Crippen molar-refractivity contribution in [1.29, 1.82) is 0 Å². The Bertz CT molecular complexity index is 609. The van der Waals surface area contributed by atoms with Crippen molar-refractivity contribution in [2.75, 3.05) is 12.4 Å². The number of hydrogen-bond donors (Lipinski definition) is 2. The van der Waals surface area contributed by atoms with E-state index in [1.54, 1.807) is 26.8 Å². The van der Waals surface area contributed by atoms with Gasteiger partial charge in [0, 0.05) is 12.8 Å². The SMILES string of the molecule is COC(C)(C)CC(=O)Nc1cc(S(N)(=O)=O)ccc1C. The first kappa shape index (κ1) is 16.6. The molecule has 0 aliphatic rings. The van der Waals surface area contributed by atoms with Crippen molar-refractivity contribution in [3.63, 3.8) is 0 Å². The molecule has 0 saturated carbocycles. The van der Waals surface area contributed by atoms with Crippen LogP contribution < -0.4 is 10.5 Å². The molecule has 0 aliphatic carbocycles. The van der Waals surface area contributed by atoms with Gasteiger partial charge in [-0.15, -0.1) is 0 Å². The molecule has 112 valence electrons. The summed E-state index contributed by atoms with van der Waals surface area (Å²) < 4.78 is 27.8. The summed E-state index contributed by atoms with van der Waals surface area (Å²) in [4.78, 5) is 11.9. The maximum absolute atomic E-state index is 11.9. The number of hydrogen-bond acceptors (Lipinski definition) is 4. The summed E-state index contributed by atoms with van der Waals surface area (Å²) >= 11 is 0. The summed E-state index contributed by atoms with van der Waals surface area (Å²) in [6, 6.07) is 4.35. The minimum absolute atomic E-state index is 0.0376. The van der Waals surface area contributed by atoms with Gasteiger partial charge in [0.1, 0.15) is 0 Å². The molecule has 1 rings (SSSR count). The molecule has 0 aliphatic heterocycles. The zero-order chi connectivity index (χ0) is 15.6. The lowest BCUT2D eigenvalue weighted by atomic mass is 10.0. The molecule has 0 unspecified atom stereocenters. The van der Waals surface area contributed by atoms with E-state index >= 15 is 0 Å². The maximum Gasteiger partial charge on any atom is 0.238 e. The van der Waals surface area contributed by atoms with Crippen LogP contribution in [0, 0.1) is 6.92 Å². The number of rotatable bonds is 5. The van der Waals surface area contributed by atoms with Crippen LogP contribution in [0.2, 0.25) is 0 Å². The van der Waals surface area contributed by atoms with Crippen LogP contribution in [0.5, 0.6) is 0 Å². The Hall–Kier alpha value is -1.44. The minimum atomic E-state index is -3.79. The molecule has 0 aromatic heterocycles. The first-order valence-electron chi connectivity index (χ1n) is 6.03. The lowest BCUT2D eigenvalue weighted by Crippen LogP contribution is -2.29. The molecule has 7 heteroatoms. The van der Waals surface area contributed by atoms with E-state index in [2.05, 4.69) is 5.32 Å². The Morgan fingerprint density at radius 2 is 2.00 bits per heavy atom. The number of nitrogens with two attached hydrogens (primary N) is 1. The maximum atomic E-state index is 11.9. The molecule has 20 heavy (non-hydrogen) atoms. The standard InChI is InChI=1S/C13H20N2O4S/c1-9-5-6-10(20(14,17)18)7-11(9)15-12(16)8-13(2,3)19-4/h5-7H,8H2,1-4H3,(H,15,16)(H2,14,17,18). The Morgan fingerprint density at radius 3 is 2.50 bits per heavy atom. The monoisotopic (exact) mass is 300 g/mol. The van der Waals surface area contributed by atoms with E-state index in [1.165, 1.54) is 19.2 Å². The Balaban J connectivity index is 2.95. The van der Waals surface area contributed by atoms with Crippen LogP contribution in [0.15, 0.2) is 23.1 Å². The van der Waals surface area contributed by atoms with Gasteiger partial charge in [-0.3, -0.25) is 4.79 Å². The predicted molar refractivity (Wildman–Crippen MR) is 76.9 cm³/mol.